The molecule has 0 amide bonds. The first-order valence-electron chi connectivity index (χ1n) is 8.82. The zero-order valence-corrected chi connectivity index (χ0v) is 14.5. The van der Waals surface area contributed by atoms with E-state index in [1.54, 1.807) is 0 Å². The summed E-state index contributed by atoms with van der Waals surface area (Å²) in [5, 5.41) is 0. The lowest BCUT2D eigenvalue weighted by Crippen LogP contribution is -2.47. The Morgan fingerprint density at radius 1 is 1.15 bits per heavy atom. The van der Waals surface area contributed by atoms with Crippen LogP contribution in [0.25, 0.3) is 0 Å². The van der Waals surface area contributed by atoms with E-state index < -0.39 is 5.79 Å². The predicted molar refractivity (Wildman–Crippen MR) is 100 cm³/mol. The molecular weight excluding hydrogens is 332 g/mol. The van der Waals surface area contributed by atoms with Gasteiger partial charge in [0.05, 0.1) is 6.10 Å². The second-order valence-electron chi connectivity index (χ2n) is 6.63. The molecular formula is C18H22N6O2. The van der Waals surface area contributed by atoms with Gasteiger partial charge in [0.2, 0.25) is 17.6 Å². The van der Waals surface area contributed by atoms with Gasteiger partial charge < -0.3 is 15.2 Å². The third-order valence-electron chi connectivity index (χ3n) is 4.48. The minimum Gasteiger partial charge on any atom is -0.471 e. The molecule has 8 nitrogen and oxygen atoms in total. The molecule has 0 aromatic heterocycles. The number of fused-ring (bicyclic) bond motifs is 1. The molecule has 4 N–H and O–H groups in total. The van der Waals surface area contributed by atoms with Gasteiger partial charge in [-0.3, -0.25) is 5.73 Å². The number of guanidine groups is 1. The normalized spacial score (nSPS) is 27.8. The average molecular weight is 354 g/mol. The van der Waals surface area contributed by atoms with Crippen LogP contribution in [-0.2, 0) is 16.1 Å². The first kappa shape index (κ1) is 16.9. The van der Waals surface area contributed by atoms with E-state index in [2.05, 4.69) is 20.0 Å². The van der Waals surface area contributed by atoms with Crippen LogP contribution in [0.1, 0.15) is 31.2 Å². The maximum Gasteiger partial charge on any atom is 0.243 e. The molecule has 0 saturated carbocycles. The Balaban J connectivity index is 1.56. The van der Waals surface area contributed by atoms with Crippen molar-refractivity contribution in [3.63, 3.8) is 0 Å². The number of amidine groups is 1. The lowest BCUT2D eigenvalue weighted by atomic mass is 10.0. The van der Waals surface area contributed by atoms with Crippen molar-refractivity contribution in [3.05, 3.63) is 35.9 Å². The highest BCUT2D eigenvalue weighted by molar-refractivity contribution is 6.70. The molecule has 3 aliphatic rings. The van der Waals surface area contributed by atoms with Crippen molar-refractivity contribution in [2.45, 2.75) is 44.2 Å². The molecule has 0 aliphatic carbocycles. The van der Waals surface area contributed by atoms with E-state index in [-0.39, 0.29) is 12.1 Å². The predicted octanol–water partition coefficient (Wildman–Crippen LogP) is 1.35. The highest BCUT2D eigenvalue weighted by atomic mass is 16.5. The highest BCUT2D eigenvalue weighted by Gasteiger charge is 2.38. The van der Waals surface area contributed by atoms with E-state index >= 15 is 0 Å². The monoisotopic (exact) mass is 354 g/mol. The average Bonchev–Trinajstić information content (AvgIpc) is 3.01. The van der Waals surface area contributed by atoms with Crippen LogP contribution < -0.4 is 11.5 Å². The number of ether oxygens (including phenoxy) is 2. The number of nitrogens with two attached hydrogens (primary N) is 2. The smallest absolute Gasteiger partial charge is 0.243 e. The third-order valence-corrected chi connectivity index (χ3v) is 4.48. The van der Waals surface area contributed by atoms with Crippen LogP contribution in [0.3, 0.4) is 0 Å². The van der Waals surface area contributed by atoms with E-state index in [1.165, 1.54) is 0 Å². The van der Waals surface area contributed by atoms with Crippen LogP contribution in [0.2, 0.25) is 0 Å². The van der Waals surface area contributed by atoms with Gasteiger partial charge in [-0.05, 0) is 24.8 Å². The standard InChI is InChI=1S/C18H22N6O2/c19-17-21-14-15(22-17)23-18(20,10-13-8-4-5-9-25-13)24-16(14)26-11-12-6-2-1-3-7-12/h1-3,6-7,13H,4-5,8-11,20H2,(H2,19,22,23). The third kappa shape index (κ3) is 3.66. The number of benzene rings is 1. The molecule has 2 unspecified atom stereocenters. The van der Waals surface area contributed by atoms with Gasteiger partial charge in [-0.2, -0.15) is 4.99 Å². The molecule has 0 bridgehead atoms. The molecule has 1 fully saturated rings. The Kier molecular flexibility index (Phi) is 4.52. The van der Waals surface area contributed by atoms with Crippen molar-refractivity contribution in [2.24, 2.45) is 31.4 Å². The second-order valence-corrected chi connectivity index (χ2v) is 6.63. The van der Waals surface area contributed by atoms with Crippen molar-refractivity contribution in [1.29, 1.82) is 0 Å². The first-order valence-corrected chi connectivity index (χ1v) is 8.82. The maximum atomic E-state index is 6.45. The summed E-state index contributed by atoms with van der Waals surface area (Å²) in [6, 6.07) is 9.82. The van der Waals surface area contributed by atoms with Crippen LogP contribution >= 0.6 is 0 Å². The summed E-state index contributed by atoms with van der Waals surface area (Å²) in [5.41, 5.74) is 13.6. The molecule has 1 aromatic carbocycles. The zero-order valence-electron chi connectivity index (χ0n) is 14.5. The van der Waals surface area contributed by atoms with Crippen LogP contribution in [0.4, 0.5) is 0 Å². The number of hydrogen-bond acceptors (Lipinski definition) is 8. The van der Waals surface area contributed by atoms with E-state index in [0.717, 1.165) is 31.4 Å². The van der Waals surface area contributed by atoms with Gasteiger partial charge in [0, 0.05) is 13.0 Å². The summed E-state index contributed by atoms with van der Waals surface area (Å²) in [6.45, 7) is 1.10. The summed E-state index contributed by atoms with van der Waals surface area (Å²) in [6.07, 6.45) is 3.65. The summed E-state index contributed by atoms with van der Waals surface area (Å²) in [5.74, 6) is -0.357. The molecule has 0 radical (unpaired) electrons. The first-order chi connectivity index (χ1) is 12.6. The molecule has 136 valence electrons. The number of rotatable bonds is 4. The number of nitrogens with zero attached hydrogens (tertiary/aromatic N) is 4. The largest absolute Gasteiger partial charge is 0.471 e. The SMILES string of the molecule is NC1=NC2=NC(N)(CC3CCCCO3)N=C(OCc3ccccc3)C2=N1. The second kappa shape index (κ2) is 6.97. The van der Waals surface area contributed by atoms with Gasteiger partial charge in [-0.1, -0.05) is 30.3 Å². The molecule has 0 spiro atoms. The van der Waals surface area contributed by atoms with Crippen molar-refractivity contribution in [2.75, 3.05) is 6.61 Å². The zero-order chi connectivity index (χ0) is 18.0. The van der Waals surface area contributed by atoms with Gasteiger partial charge in [-0.15, -0.1) is 0 Å². The Hall–Kier alpha value is -2.58. The van der Waals surface area contributed by atoms with E-state index in [4.69, 9.17) is 20.9 Å². The molecule has 1 aromatic rings. The molecule has 1 saturated heterocycles. The summed E-state index contributed by atoms with van der Waals surface area (Å²) in [7, 11) is 0. The Morgan fingerprint density at radius 3 is 2.77 bits per heavy atom. The fourth-order valence-electron chi connectivity index (χ4n) is 3.23. The molecule has 2 atom stereocenters. The fraction of sp³-hybridized carbons (Fsp3) is 0.444. The highest BCUT2D eigenvalue weighted by Crippen LogP contribution is 2.26. The molecule has 3 aliphatic heterocycles. The van der Waals surface area contributed by atoms with Gasteiger partial charge in [0.25, 0.3) is 0 Å². The summed E-state index contributed by atoms with van der Waals surface area (Å²) < 4.78 is 11.7. The van der Waals surface area contributed by atoms with Gasteiger partial charge in [-0.25, -0.2) is 15.0 Å². The Morgan fingerprint density at radius 2 is 2.00 bits per heavy atom. The fourth-order valence-corrected chi connectivity index (χ4v) is 3.23. The van der Waals surface area contributed by atoms with Crippen LogP contribution in [-0.4, -0.2) is 41.9 Å². The minimum atomic E-state index is -1.18. The minimum absolute atomic E-state index is 0.0263. The summed E-state index contributed by atoms with van der Waals surface area (Å²) >= 11 is 0. The van der Waals surface area contributed by atoms with E-state index in [1.807, 2.05) is 30.3 Å². The molecule has 8 heteroatoms. The topological polar surface area (TPSA) is 120 Å². The molecule has 26 heavy (non-hydrogen) atoms. The van der Waals surface area contributed by atoms with Crippen molar-refractivity contribution in [3.8, 4) is 0 Å². The van der Waals surface area contributed by atoms with Crippen molar-refractivity contribution in [1.82, 2.24) is 0 Å². The molecule has 4 rings (SSSR count). The van der Waals surface area contributed by atoms with E-state index in [9.17, 15) is 0 Å². The maximum absolute atomic E-state index is 6.45. The van der Waals surface area contributed by atoms with Crippen LogP contribution in [0, 0.1) is 0 Å². The van der Waals surface area contributed by atoms with Crippen LogP contribution in [0.15, 0.2) is 50.3 Å². The Bertz CT molecular complexity index is 795. The lowest BCUT2D eigenvalue weighted by molar-refractivity contribution is -0.000910. The van der Waals surface area contributed by atoms with Crippen molar-refractivity contribution < 1.29 is 9.47 Å². The van der Waals surface area contributed by atoms with E-state index in [0.29, 0.717) is 30.5 Å². The summed E-state index contributed by atoms with van der Waals surface area (Å²) in [4.78, 5) is 17.4. The Labute approximate surface area is 151 Å². The molecule has 3 heterocycles. The van der Waals surface area contributed by atoms with Crippen molar-refractivity contribution >= 4 is 23.4 Å². The van der Waals surface area contributed by atoms with Gasteiger partial charge >= 0.3 is 0 Å². The number of aliphatic imine (C=N–C) groups is 4. The van der Waals surface area contributed by atoms with Crippen LogP contribution in [0.5, 0.6) is 0 Å². The lowest BCUT2D eigenvalue weighted by Gasteiger charge is -2.31. The number of hydrogen-bond donors (Lipinski definition) is 2. The van der Waals surface area contributed by atoms with Gasteiger partial charge in [0.15, 0.2) is 11.5 Å². The van der Waals surface area contributed by atoms with Gasteiger partial charge in [0.1, 0.15) is 6.61 Å². The quantitative estimate of drug-likeness (QED) is 0.848.